The van der Waals surface area contributed by atoms with E-state index < -0.39 is 0 Å². The Balaban J connectivity index is 0.000000528. The molecule has 0 atom stereocenters. The van der Waals surface area contributed by atoms with Crippen molar-refractivity contribution in [3.63, 3.8) is 0 Å². The number of aliphatic hydroxyl groups excluding tert-OH is 1. The second-order valence-corrected chi connectivity index (χ2v) is 4.44. The van der Waals surface area contributed by atoms with Crippen LogP contribution < -0.4 is 0 Å². The number of aromatic hydroxyl groups is 1. The zero-order valence-electron chi connectivity index (χ0n) is 10.6. The number of aliphatic hydroxyl groups is 1. The molecule has 4 aromatic carbocycles. The Bertz CT molecular complexity index is 834. The zero-order chi connectivity index (χ0) is 13.4. The van der Waals surface area contributed by atoms with E-state index in [9.17, 15) is 5.11 Å². The van der Waals surface area contributed by atoms with E-state index in [4.69, 9.17) is 5.11 Å². The minimum atomic E-state index is 0.357. The molecule has 0 aliphatic rings. The van der Waals surface area contributed by atoms with Crippen molar-refractivity contribution >= 4 is 32.3 Å². The number of benzene rings is 4. The molecule has 0 heterocycles. The summed E-state index contributed by atoms with van der Waals surface area (Å²) in [7, 11) is 1.00. The van der Waals surface area contributed by atoms with E-state index in [2.05, 4.69) is 36.4 Å². The van der Waals surface area contributed by atoms with Gasteiger partial charge >= 0.3 is 0 Å². The zero-order valence-corrected chi connectivity index (χ0v) is 10.6. The van der Waals surface area contributed by atoms with Crippen LogP contribution in [0.15, 0.2) is 54.6 Å². The first-order chi connectivity index (χ1) is 9.34. The fourth-order valence-electron chi connectivity index (χ4n) is 2.72. The van der Waals surface area contributed by atoms with Gasteiger partial charge in [0.25, 0.3) is 0 Å². The smallest absolute Gasteiger partial charge is 0.123 e. The highest BCUT2D eigenvalue weighted by atomic mass is 16.3. The Morgan fingerprint density at radius 2 is 1.16 bits per heavy atom. The third-order valence-corrected chi connectivity index (χ3v) is 3.51. The number of hydrogen-bond donors (Lipinski definition) is 2. The van der Waals surface area contributed by atoms with Crippen LogP contribution in [0.3, 0.4) is 0 Å². The molecular weight excluding hydrogens is 236 g/mol. The molecule has 19 heavy (non-hydrogen) atoms. The standard InChI is InChI=1S/C16H10O.CH4O/c17-14-9-7-12-5-4-10-2-1-3-11-6-8-13(14)16(12)15(10)11;1-2/h1-9,17H;2H,1H3. The Hall–Kier alpha value is -2.32. The van der Waals surface area contributed by atoms with Crippen LogP contribution in [-0.4, -0.2) is 17.3 Å². The van der Waals surface area contributed by atoms with E-state index in [-0.39, 0.29) is 0 Å². The van der Waals surface area contributed by atoms with Gasteiger partial charge in [0.15, 0.2) is 0 Å². The maximum absolute atomic E-state index is 9.95. The monoisotopic (exact) mass is 250 g/mol. The molecule has 0 bridgehead atoms. The van der Waals surface area contributed by atoms with Gasteiger partial charge in [0, 0.05) is 17.9 Å². The molecule has 0 spiro atoms. The highest BCUT2D eigenvalue weighted by Gasteiger charge is 2.09. The molecule has 2 nitrogen and oxygen atoms in total. The minimum absolute atomic E-state index is 0.357. The van der Waals surface area contributed by atoms with Crippen molar-refractivity contribution in [2.24, 2.45) is 0 Å². The molecule has 4 aromatic rings. The second kappa shape index (κ2) is 4.41. The summed E-state index contributed by atoms with van der Waals surface area (Å²) in [6.07, 6.45) is 0. The van der Waals surface area contributed by atoms with E-state index >= 15 is 0 Å². The summed E-state index contributed by atoms with van der Waals surface area (Å²) in [4.78, 5) is 0. The lowest BCUT2D eigenvalue weighted by molar-refractivity contribution is 0.399. The van der Waals surface area contributed by atoms with Gasteiger partial charge in [-0.25, -0.2) is 0 Å². The van der Waals surface area contributed by atoms with Gasteiger partial charge in [0.05, 0.1) is 0 Å². The Morgan fingerprint density at radius 1 is 0.632 bits per heavy atom. The summed E-state index contributed by atoms with van der Waals surface area (Å²) in [6.45, 7) is 0. The topological polar surface area (TPSA) is 40.5 Å². The van der Waals surface area contributed by atoms with E-state index in [1.54, 1.807) is 6.07 Å². The van der Waals surface area contributed by atoms with Crippen molar-refractivity contribution < 1.29 is 10.2 Å². The van der Waals surface area contributed by atoms with Gasteiger partial charge in [-0.2, -0.15) is 0 Å². The SMILES string of the molecule is CO.Oc1ccc2ccc3cccc4ccc1c2c34. The Morgan fingerprint density at radius 3 is 1.84 bits per heavy atom. The molecule has 0 unspecified atom stereocenters. The van der Waals surface area contributed by atoms with Crippen LogP contribution in [0, 0.1) is 0 Å². The number of phenolic OH excluding ortho intramolecular Hbond substituents is 1. The normalized spacial score (nSPS) is 10.8. The maximum Gasteiger partial charge on any atom is 0.123 e. The predicted octanol–water partition coefficient (Wildman–Crippen LogP) is 3.90. The quantitative estimate of drug-likeness (QED) is 0.465. The molecule has 0 saturated heterocycles. The Labute approximate surface area is 110 Å². The van der Waals surface area contributed by atoms with Crippen LogP contribution in [0.1, 0.15) is 0 Å². The van der Waals surface area contributed by atoms with Gasteiger partial charge in [-0.1, -0.05) is 48.5 Å². The maximum atomic E-state index is 9.95. The van der Waals surface area contributed by atoms with Crippen LogP contribution in [-0.2, 0) is 0 Å². The summed E-state index contributed by atoms with van der Waals surface area (Å²) in [5.74, 6) is 0.357. The Kier molecular flexibility index (Phi) is 2.73. The summed E-state index contributed by atoms with van der Waals surface area (Å²) >= 11 is 0. The first-order valence-corrected chi connectivity index (χ1v) is 6.15. The van der Waals surface area contributed by atoms with E-state index in [1.807, 2.05) is 12.1 Å². The fourth-order valence-corrected chi connectivity index (χ4v) is 2.72. The van der Waals surface area contributed by atoms with Crippen LogP contribution in [0.2, 0.25) is 0 Å². The molecule has 0 aliphatic heterocycles. The van der Waals surface area contributed by atoms with Crippen molar-refractivity contribution in [1.82, 2.24) is 0 Å². The summed E-state index contributed by atoms with van der Waals surface area (Å²) < 4.78 is 0. The molecule has 4 rings (SSSR count). The predicted molar refractivity (Wildman–Crippen MR) is 80.0 cm³/mol. The second-order valence-electron chi connectivity index (χ2n) is 4.44. The average Bonchev–Trinajstić information content (AvgIpc) is 2.49. The number of rotatable bonds is 0. The van der Waals surface area contributed by atoms with Crippen molar-refractivity contribution in [1.29, 1.82) is 0 Å². The average molecular weight is 250 g/mol. The lowest BCUT2D eigenvalue weighted by Crippen LogP contribution is -1.83. The van der Waals surface area contributed by atoms with Crippen LogP contribution >= 0.6 is 0 Å². The van der Waals surface area contributed by atoms with E-state index in [0.29, 0.717) is 5.75 Å². The fraction of sp³-hybridized carbons (Fsp3) is 0.0588. The lowest BCUT2D eigenvalue weighted by atomic mass is 9.94. The third kappa shape index (κ3) is 1.61. The minimum Gasteiger partial charge on any atom is -0.507 e. The summed E-state index contributed by atoms with van der Waals surface area (Å²) in [6, 6.07) is 18.4. The molecule has 0 saturated carbocycles. The van der Waals surface area contributed by atoms with Crippen molar-refractivity contribution in [2.45, 2.75) is 0 Å². The molecule has 0 aliphatic carbocycles. The van der Waals surface area contributed by atoms with Crippen LogP contribution in [0.5, 0.6) is 5.75 Å². The molecule has 2 heteroatoms. The van der Waals surface area contributed by atoms with Crippen LogP contribution in [0.25, 0.3) is 32.3 Å². The third-order valence-electron chi connectivity index (χ3n) is 3.51. The van der Waals surface area contributed by atoms with Crippen molar-refractivity contribution in [3.8, 4) is 5.75 Å². The molecule has 0 fully saturated rings. The molecule has 0 aromatic heterocycles. The van der Waals surface area contributed by atoms with Gasteiger partial charge in [-0.05, 0) is 27.6 Å². The molecular formula is C17H14O2. The first kappa shape index (κ1) is 11.8. The van der Waals surface area contributed by atoms with Gasteiger partial charge in [0.1, 0.15) is 5.75 Å². The van der Waals surface area contributed by atoms with Gasteiger partial charge in [-0.3, -0.25) is 0 Å². The number of phenols is 1. The molecule has 2 N–H and O–H groups in total. The molecule has 0 radical (unpaired) electrons. The van der Waals surface area contributed by atoms with E-state index in [1.165, 1.54) is 26.9 Å². The van der Waals surface area contributed by atoms with Crippen LogP contribution in [0.4, 0.5) is 0 Å². The molecule has 0 amide bonds. The highest BCUT2D eigenvalue weighted by molar-refractivity contribution is 6.23. The van der Waals surface area contributed by atoms with Crippen molar-refractivity contribution in [2.75, 3.05) is 7.11 Å². The molecule has 94 valence electrons. The summed E-state index contributed by atoms with van der Waals surface area (Å²) in [5, 5.41) is 23.9. The van der Waals surface area contributed by atoms with Gasteiger partial charge in [0.2, 0.25) is 0 Å². The number of hydrogen-bond acceptors (Lipinski definition) is 2. The summed E-state index contributed by atoms with van der Waals surface area (Å²) in [5.41, 5.74) is 0. The van der Waals surface area contributed by atoms with Crippen molar-refractivity contribution in [3.05, 3.63) is 54.6 Å². The largest absolute Gasteiger partial charge is 0.507 e. The van der Waals surface area contributed by atoms with Gasteiger partial charge in [-0.15, -0.1) is 0 Å². The lowest BCUT2D eigenvalue weighted by Gasteiger charge is -2.11. The van der Waals surface area contributed by atoms with E-state index in [0.717, 1.165) is 12.5 Å². The van der Waals surface area contributed by atoms with Gasteiger partial charge < -0.3 is 10.2 Å². The highest BCUT2D eigenvalue weighted by Crippen LogP contribution is 2.37. The first-order valence-electron chi connectivity index (χ1n) is 6.15.